The van der Waals surface area contributed by atoms with Crippen LogP contribution in [-0.4, -0.2) is 35.6 Å². The fraction of sp³-hybridized carbons (Fsp3) is 0.261. The molecule has 0 N–H and O–H groups in total. The first-order chi connectivity index (χ1) is 14.5. The summed E-state index contributed by atoms with van der Waals surface area (Å²) in [4.78, 5) is 14.9. The van der Waals surface area contributed by atoms with Gasteiger partial charge in [0.25, 0.3) is 5.91 Å². The second-order valence-corrected chi connectivity index (χ2v) is 7.86. The molecule has 4 nitrogen and oxygen atoms in total. The molecule has 158 valence electrons. The average molecular weight is 449 g/mol. The van der Waals surface area contributed by atoms with Gasteiger partial charge in [0.1, 0.15) is 5.82 Å². The molecule has 0 aliphatic heterocycles. The Bertz CT molecular complexity index is 986. The SMILES string of the molecule is COCCCN(Cc1cccn1Cc1cccc(F)c1)C(=O)c1cc(Cl)cc(Cl)c1. The van der Waals surface area contributed by atoms with Crippen molar-refractivity contribution in [2.45, 2.75) is 19.5 Å². The highest BCUT2D eigenvalue weighted by Crippen LogP contribution is 2.21. The molecule has 7 heteroatoms. The van der Waals surface area contributed by atoms with E-state index in [4.69, 9.17) is 27.9 Å². The second kappa shape index (κ2) is 10.6. The van der Waals surface area contributed by atoms with Crippen LogP contribution in [0.4, 0.5) is 4.39 Å². The van der Waals surface area contributed by atoms with Crippen molar-refractivity contribution in [2.24, 2.45) is 0 Å². The Labute approximate surface area is 185 Å². The zero-order valence-electron chi connectivity index (χ0n) is 16.7. The molecule has 0 aliphatic carbocycles. The predicted octanol–water partition coefficient (Wildman–Crippen LogP) is 5.66. The van der Waals surface area contributed by atoms with Crippen LogP contribution in [0.25, 0.3) is 0 Å². The van der Waals surface area contributed by atoms with Gasteiger partial charge in [0, 0.05) is 54.3 Å². The van der Waals surface area contributed by atoms with Gasteiger partial charge in [-0.15, -0.1) is 0 Å². The maximum Gasteiger partial charge on any atom is 0.254 e. The number of carbonyl (C=O) groups excluding carboxylic acids is 1. The van der Waals surface area contributed by atoms with Crippen molar-refractivity contribution in [3.8, 4) is 0 Å². The molecule has 0 bridgehead atoms. The Morgan fingerprint density at radius 2 is 1.87 bits per heavy atom. The predicted molar refractivity (Wildman–Crippen MR) is 118 cm³/mol. The normalized spacial score (nSPS) is 10.9. The summed E-state index contributed by atoms with van der Waals surface area (Å²) in [6, 6.07) is 15.2. The van der Waals surface area contributed by atoms with Crippen molar-refractivity contribution in [1.82, 2.24) is 9.47 Å². The number of benzene rings is 2. The number of halogens is 3. The second-order valence-electron chi connectivity index (χ2n) is 6.99. The maximum atomic E-state index is 13.5. The summed E-state index contributed by atoms with van der Waals surface area (Å²) in [5.74, 6) is -0.426. The highest BCUT2D eigenvalue weighted by Gasteiger charge is 2.18. The van der Waals surface area contributed by atoms with Crippen LogP contribution in [0.1, 0.15) is 28.0 Å². The van der Waals surface area contributed by atoms with Crippen LogP contribution in [0.5, 0.6) is 0 Å². The Morgan fingerprint density at radius 3 is 2.57 bits per heavy atom. The molecule has 1 heterocycles. The minimum absolute atomic E-state index is 0.158. The van der Waals surface area contributed by atoms with Crippen LogP contribution in [0, 0.1) is 5.82 Å². The van der Waals surface area contributed by atoms with Crippen LogP contribution in [0.2, 0.25) is 10.0 Å². The summed E-state index contributed by atoms with van der Waals surface area (Å²) in [5, 5.41) is 0.828. The van der Waals surface area contributed by atoms with E-state index in [1.54, 1.807) is 36.3 Å². The lowest BCUT2D eigenvalue weighted by Crippen LogP contribution is -2.33. The van der Waals surface area contributed by atoms with Crippen LogP contribution in [-0.2, 0) is 17.8 Å². The zero-order valence-corrected chi connectivity index (χ0v) is 18.2. The van der Waals surface area contributed by atoms with Gasteiger partial charge in [-0.25, -0.2) is 4.39 Å². The lowest BCUT2D eigenvalue weighted by molar-refractivity contribution is 0.0720. The maximum absolute atomic E-state index is 13.5. The van der Waals surface area contributed by atoms with Crippen molar-refractivity contribution in [3.63, 3.8) is 0 Å². The third-order valence-electron chi connectivity index (χ3n) is 4.69. The smallest absolute Gasteiger partial charge is 0.254 e. The molecule has 0 atom stereocenters. The van der Waals surface area contributed by atoms with Crippen molar-refractivity contribution in [2.75, 3.05) is 20.3 Å². The minimum atomic E-state index is -0.268. The Hall–Kier alpha value is -2.34. The van der Waals surface area contributed by atoms with Gasteiger partial charge in [-0.1, -0.05) is 35.3 Å². The number of aromatic nitrogens is 1. The summed E-state index contributed by atoms with van der Waals surface area (Å²) in [6.45, 7) is 1.98. The third-order valence-corrected chi connectivity index (χ3v) is 5.13. The molecule has 0 spiro atoms. The fourth-order valence-electron chi connectivity index (χ4n) is 3.29. The van der Waals surface area contributed by atoms with E-state index >= 15 is 0 Å². The van der Waals surface area contributed by atoms with E-state index in [9.17, 15) is 9.18 Å². The fourth-order valence-corrected chi connectivity index (χ4v) is 3.81. The zero-order chi connectivity index (χ0) is 21.5. The molecule has 0 aliphatic rings. The van der Waals surface area contributed by atoms with E-state index in [0.29, 0.717) is 48.3 Å². The topological polar surface area (TPSA) is 34.5 Å². The Kier molecular flexibility index (Phi) is 7.91. The highest BCUT2D eigenvalue weighted by molar-refractivity contribution is 6.35. The lowest BCUT2D eigenvalue weighted by Gasteiger charge is -2.24. The van der Waals surface area contributed by atoms with Gasteiger partial charge in [-0.2, -0.15) is 0 Å². The number of nitrogens with zero attached hydrogens (tertiary/aromatic N) is 2. The van der Waals surface area contributed by atoms with Gasteiger partial charge in [0.2, 0.25) is 0 Å². The molecule has 0 radical (unpaired) electrons. The first-order valence-electron chi connectivity index (χ1n) is 9.59. The molecule has 3 aromatic rings. The monoisotopic (exact) mass is 448 g/mol. The Morgan fingerprint density at radius 1 is 1.10 bits per heavy atom. The first kappa shape index (κ1) is 22.3. The summed E-state index contributed by atoms with van der Waals surface area (Å²) in [6.07, 6.45) is 2.62. The standard InChI is InChI=1S/C23H23Cl2FN2O2/c1-30-10-4-9-28(23(29)18-12-19(24)14-20(25)13-18)16-22-7-3-8-27(22)15-17-5-2-6-21(26)11-17/h2-3,5-8,11-14H,4,9-10,15-16H2,1H3. The van der Waals surface area contributed by atoms with Crippen molar-refractivity contribution >= 4 is 29.1 Å². The molecule has 3 rings (SSSR count). The van der Waals surface area contributed by atoms with Crippen LogP contribution in [0.3, 0.4) is 0 Å². The van der Waals surface area contributed by atoms with Gasteiger partial charge >= 0.3 is 0 Å². The number of ether oxygens (including phenoxy) is 1. The lowest BCUT2D eigenvalue weighted by atomic mass is 10.2. The van der Waals surface area contributed by atoms with Crippen molar-refractivity contribution in [3.05, 3.63) is 93.5 Å². The summed E-state index contributed by atoms with van der Waals surface area (Å²) < 4.78 is 20.7. The minimum Gasteiger partial charge on any atom is -0.385 e. The van der Waals surface area contributed by atoms with E-state index in [0.717, 1.165) is 11.3 Å². The number of amides is 1. The van der Waals surface area contributed by atoms with Crippen LogP contribution in [0.15, 0.2) is 60.8 Å². The van der Waals surface area contributed by atoms with Gasteiger partial charge < -0.3 is 14.2 Å². The van der Waals surface area contributed by atoms with Crippen molar-refractivity contribution in [1.29, 1.82) is 0 Å². The molecule has 1 aromatic heterocycles. The number of methoxy groups -OCH3 is 1. The largest absolute Gasteiger partial charge is 0.385 e. The van der Waals surface area contributed by atoms with Crippen molar-refractivity contribution < 1.29 is 13.9 Å². The van der Waals surface area contributed by atoms with E-state index in [-0.39, 0.29) is 11.7 Å². The van der Waals surface area contributed by atoms with E-state index in [1.807, 2.05) is 29.0 Å². The van der Waals surface area contributed by atoms with E-state index < -0.39 is 0 Å². The van der Waals surface area contributed by atoms with E-state index in [1.165, 1.54) is 12.1 Å². The molecule has 0 saturated heterocycles. The van der Waals surface area contributed by atoms with Crippen LogP contribution < -0.4 is 0 Å². The van der Waals surface area contributed by atoms with E-state index in [2.05, 4.69) is 0 Å². The summed E-state index contributed by atoms with van der Waals surface area (Å²) >= 11 is 12.2. The van der Waals surface area contributed by atoms with Gasteiger partial charge in [-0.3, -0.25) is 4.79 Å². The van der Waals surface area contributed by atoms with Gasteiger partial charge in [0.05, 0.1) is 6.54 Å². The molecule has 2 aromatic carbocycles. The quantitative estimate of drug-likeness (QED) is 0.395. The molecule has 0 fully saturated rings. The number of hydrogen-bond acceptors (Lipinski definition) is 2. The number of hydrogen-bond donors (Lipinski definition) is 0. The van der Waals surface area contributed by atoms with Gasteiger partial charge in [0.15, 0.2) is 0 Å². The summed E-state index contributed by atoms with van der Waals surface area (Å²) in [5.41, 5.74) is 2.23. The summed E-state index contributed by atoms with van der Waals surface area (Å²) in [7, 11) is 1.63. The average Bonchev–Trinajstić information content (AvgIpc) is 3.12. The Balaban J connectivity index is 1.81. The first-order valence-corrected chi connectivity index (χ1v) is 10.3. The molecule has 0 unspecified atom stereocenters. The molecular formula is C23H23Cl2FN2O2. The van der Waals surface area contributed by atoms with Gasteiger partial charge in [-0.05, 0) is 54.4 Å². The molecule has 30 heavy (non-hydrogen) atoms. The number of carbonyl (C=O) groups is 1. The third kappa shape index (κ3) is 6.08. The van der Waals surface area contributed by atoms with Crippen LogP contribution >= 0.6 is 23.2 Å². The molecule has 0 saturated carbocycles. The highest BCUT2D eigenvalue weighted by atomic mass is 35.5. The number of rotatable bonds is 9. The molecule has 1 amide bonds. The molecular weight excluding hydrogens is 426 g/mol.